The molecule has 0 unspecified atom stereocenters. The number of aromatic nitrogens is 3. The van der Waals surface area contributed by atoms with Gasteiger partial charge < -0.3 is 19.7 Å². The molecule has 202 valence electrons. The number of carbonyl (C=O) groups excluding carboxylic acids is 1. The Morgan fingerprint density at radius 1 is 0.897 bits per heavy atom. The number of nitrogens with zero attached hydrogens (tertiary/aromatic N) is 6. The molecule has 0 aliphatic carbocycles. The van der Waals surface area contributed by atoms with Crippen molar-refractivity contribution in [1.29, 1.82) is 0 Å². The maximum absolute atomic E-state index is 12.3. The molecule has 2 fully saturated rings. The first-order valence-electron chi connectivity index (χ1n) is 13.9. The smallest absolute Gasteiger partial charge is 0.253 e. The van der Waals surface area contributed by atoms with Crippen LogP contribution in [-0.2, 0) is 0 Å². The van der Waals surface area contributed by atoms with E-state index in [0.717, 1.165) is 65.8 Å². The fourth-order valence-corrected chi connectivity index (χ4v) is 5.85. The Hall–Kier alpha value is -3.75. The van der Waals surface area contributed by atoms with Crippen molar-refractivity contribution >= 4 is 22.8 Å². The van der Waals surface area contributed by atoms with Crippen LogP contribution in [0, 0.1) is 0 Å². The lowest BCUT2D eigenvalue weighted by Gasteiger charge is -2.42. The van der Waals surface area contributed by atoms with Gasteiger partial charge in [-0.3, -0.25) is 9.69 Å². The molecule has 0 spiro atoms. The summed E-state index contributed by atoms with van der Waals surface area (Å²) in [6, 6.07) is 17.1. The van der Waals surface area contributed by atoms with Gasteiger partial charge in [0.05, 0.1) is 11.9 Å². The van der Waals surface area contributed by atoms with E-state index in [2.05, 4.69) is 56.0 Å². The number of rotatable bonds is 5. The molecule has 2 aromatic heterocycles. The van der Waals surface area contributed by atoms with E-state index in [0.29, 0.717) is 5.56 Å². The lowest BCUT2D eigenvalue weighted by Crippen LogP contribution is -2.53. The molecule has 0 saturated carbocycles. The average molecular weight is 524 g/mol. The highest BCUT2D eigenvalue weighted by Gasteiger charge is 2.26. The molecule has 1 amide bonds. The number of piperazine rings is 1. The van der Waals surface area contributed by atoms with E-state index in [1.165, 1.54) is 31.6 Å². The number of likely N-dealkylation sites (tertiary alicyclic amines) is 1. The summed E-state index contributed by atoms with van der Waals surface area (Å²) in [4.78, 5) is 34.4. The van der Waals surface area contributed by atoms with Crippen LogP contribution >= 0.6 is 0 Å². The van der Waals surface area contributed by atoms with E-state index >= 15 is 0 Å². The summed E-state index contributed by atoms with van der Waals surface area (Å²) in [6.07, 6.45) is 6.35. The summed E-state index contributed by atoms with van der Waals surface area (Å²) in [5.41, 5.74) is 7.39. The van der Waals surface area contributed by atoms with Crippen LogP contribution in [0.2, 0.25) is 0 Å². The van der Waals surface area contributed by atoms with Crippen molar-refractivity contribution < 1.29 is 4.79 Å². The zero-order valence-corrected chi connectivity index (χ0v) is 23.1. The lowest BCUT2D eigenvalue weighted by atomic mass is 10.0. The second kappa shape index (κ2) is 10.8. The molecule has 2 aliphatic heterocycles. The number of carbonyl (C=O) groups is 1. The first-order valence-corrected chi connectivity index (χ1v) is 13.9. The third kappa shape index (κ3) is 5.27. The van der Waals surface area contributed by atoms with Gasteiger partial charge in [0.1, 0.15) is 5.52 Å². The van der Waals surface area contributed by atoms with Gasteiger partial charge in [-0.05, 0) is 62.8 Å². The van der Waals surface area contributed by atoms with Gasteiger partial charge in [-0.15, -0.1) is 0 Å². The molecule has 2 aliphatic rings. The van der Waals surface area contributed by atoms with E-state index in [-0.39, 0.29) is 5.91 Å². The van der Waals surface area contributed by atoms with Crippen LogP contribution in [0.25, 0.3) is 33.5 Å². The lowest BCUT2D eigenvalue weighted by molar-refractivity contribution is 0.0827. The predicted octanol–water partition coefficient (Wildman–Crippen LogP) is 4.21. The summed E-state index contributed by atoms with van der Waals surface area (Å²) in [6.45, 7) is 6.86. The van der Waals surface area contributed by atoms with Crippen LogP contribution in [-0.4, -0.2) is 102 Å². The van der Waals surface area contributed by atoms with Gasteiger partial charge in [0, 0.05) is 74.9 Å². The van der Waals surface area contributed by atoms with Gasteiger partial charge in [0.2, 0.25) is 0 Å². The number of nitrogens with one attached hydrogen (secondary N) is 1. The Bertz CT molecular complexity index is 1430. The van der Waals surface area contributed by atoms with Gasteiger partial charge >= 0.3 is 0 Å². The highest BCUT2D eigenvalue weighted by Crippen LogP contribution is 2.30. The molecule has 4 heterocycles. The second-order valence-electron chi connectivity index (χ2n) is 11.0. The van der Waals surface area contributed by atoms with Crippen LogP contribution in [0.15, 0.2) is 60.9 Å². The molecular weight excluding hydrogens is 486 g/mol. The van der Waals surface area contributed by atoms with Gasteiger partial charge in [-0.1, -0.05) is 24.3 Å². The molecule has 8 heteroatoms. The van der Waals surface area contributed by atoms with Gasteiger partial charge in [-0.25, -0.2) is 9.97 Å². The molecule has 1 N–H and O–H groups in total. The Balaban J connectivity index is 1.15. The summed E-state index contributed by atoms with van der Waals surface area (Å²) in [7, 11) is 5.75. The fourth-order valence-electron chi connectivity index (χ4n) is 5.85. The predicted molar refractivity (Wildman–Crippen MR) is 157 cm³/mol. The highest BCUT2D eigenvalue weighted by atomic mass is 16.2. The second-order valence-corrected chi connectivity index (χ2v) is 11.0. The quantitative estimate of drug-likeness (QED) is 0.423. The molecule has 0 radical (unpaired) electrons. The van der Waals surface area contributed by atoms with Crippen LogP contribution in [0.3, 0.4) is 0 Å². The van der Waals surface area contributed by atoms with Crippen molar-refractivity contribution in [3.63, 3.8) is 0 Å². The van der Waals surface area contributed by atoms with Crippen molar-refractivity contribution in [2.24, 2.45) is 0 Å². The Morgan fingerprint density at radius 3 is 2.23 bits per heavy atom. The number of hydrogen-bond donors (Lipinski definition) is 1. The van der Waals surface area contributed by atoms with Crippen molar-refractivity contribution in [3.05, 3.63) is 66.5 Å². The number of amides is 1. The van der Waals surface area contributed by atoms with Crippen molar-refractivity contribution in [2.45, 2.75) is 18.9 Å². The number of anilines is 1. The zero-order valence-electron chi connectivity index (χ0n) is 23.1. The van der Waals surface area contributed by atoms with Crippen LogP contribution in [0.1, 0.15) is 23.2 Å². The van der Waals surface area contributed by atoms with E-state index in [1.807, 2.05) is 36.7 Å². The fraction of sp³-hybridized carbons (Fsp3) is 0.387. The summed E-state index contributed by atoms with van der Waals surface area (Å²) >= 11 is 0. The maximum atomic E-state index is 12.3. The first-order chi connectivity index (χ1) is 19.0. The summed E-state index contributed by atoms with van der Waals surface area (Å²) in [5.74, 6) is -0.00913. The molecule has 2 aromatic carbocycles. The van der Waals surface area contributed by atoms with Crippen molar-refractivity contribution in [2.75, 3.05) is 65.3 Å². The Morgan fingerprint density at radius 2 is 1.56 bits per heavy atom. The minimum Gasteiger partial charge on any atom is -0.369 e. The van der Waals surface area contributed by atoms with Crippen LogP contribution in [0.4, 0.5) is 5.69 Å². The number of aromatic amines is 1. The van der Waals surface area contributed by atoms with Crippen molar-refractivity contribution in [1.82, 2.24) is 29.7 Å². The number of piperidine rings is 1. The number of benzene rings is 2. The van der Waals surface area contributed by atoms with E-state index in [9.17, 15) is 4.79 Å². The monoisotopic (exact) mass is 523 g/mol. The van der Waals surface area contributed by atoms with Crippen LogP contribution < -0.4 is 4.90 Å². The zero-order chi connectivity index (χ0) is 26.9. The highest BCUT2D eigenvalue weighted by molar-refractivity contribution is 5.96. The van der Waals surface area contributed by atoms with Gasteiger partial charge in [-0.2, -0.15) is 0 Å². The number of hydrogen-bond acceptors (Lipinski definition) is 6. The van der Waals surface area contributed by atoms with Crippen LogP contribution in [0.5, 0.6) is 0 Å². The Kier molecular flexibility index (Phi) is 7.06. The molecule has 4 aromatic rings. The molecule has 2 saturated heterocycles. The maximum Gasteiger partial charge on any atom is 0.253 e. The standard InChI is InChI=1S/C31H37N7O/c1-35(2)31(39)24-6-4-22(5-7-24)27-20-32-30-29(27)34-28(21-33-30)23-8-10-25(11-9-23)37-16-18-38(19-17-37)26-12-14-36(3)15-13-26/h4-11,20-21,26H,12-19H2,1-3H3,(H,32,33). The van der Waals surface area contributed by atoms with Crippen molar-refractivity contribution in [3.8, 4) is 22.4 Å². The minimum atomic E-state index is -0.00913. The van der Waals surface area contributed by atoms with Gasteiger partial charge in [0.25, 0.3) is 5.91 Å². The summed E-state index contributed by atoms with van der Waals surface area (Å²) < 4.78 is 0. The van der Waals surface area contributed by atoms with E-state index in [4.69, 9.17) is 4.98 Å². The van der Waals surface area contributed by atoms with Gasteiger partial charge in [0.15, 0.2) is 5.65 Å². The van der Waals surface area contributed by atoms with E-state index < -0.39 is 0 Å². The number of fused-ring (bicyclic) bond motifs is 1. The average Bonchev–Trinajstić information content (AvgIpc) is 3.41. The topological polar surface area (TPSA) is 71.6 Å². The Labute approximate surface area is 230 Å². The first kappa shape index (κ1) is 25.5. The molecule has 0 bridgehead atoms. The van der Waals surface area contributed by atoms with E-state index in [1.54, 1.807) is 19.0 Å². The molecular formula is C31H37N7O. The molecule has 8 nitrogen and oxygen atoms in total. The minimum absolute atomic E-state index is 0.00913. The SMILES string of the molecule is CN1CCC(N2CCN(c3ccc(-c4cnc5[nH]cc(-c6ccc(C(=O)N(C)C)cc6)c5n4)cc3)CC2)CC1. The third-order valence-corrected chi connectivity index (χ3v) is 8.28. The molecule has 39 heavy (non-hydrogen) atoms. The normalized spacial score (nSPS) is 17.6. The summed E-state index contributed by atoms with van der Waals surface area (Å²) in [5, 5.41) is 0. The number of H-pyrrole nitrogens is 1. The molecule has 6 rings (SSSR count). The third-order valence-electron chi connectivity index (χ3n) is 8.28. The largest absolute Gasteiger partial charge is 0.369 e. The molecule has 0 atom stereocenters.